The van der Waals surface area contributed by atoms with Crippen LogP contribution in [-0.4, -0.2) is 30.2 Å². The molecule has 21 heavy (non-hydrogen) atoms. The minimum absolute atomic E-state index is 0.00503. The third kappa shape index (κ3) is 3.57. The molecule has 1 atom stereocenters. The molecular weight excluding hydrogens is 286 g/mol. The fourth-order valence-corrected chi connectivity index (χ4v) is 3.30. The molecule has 1 aliphatic heterocycles. The van der Waals surface area contributed by atoms with Crippen molar-refractivity contribution in [2.24, 2.45) is 11.7 Å². The highest BCUT2D eigenvalue weighted by atomic mass is 32.2. The van der Waals surface area contributed by atoms with Crippen molar-refractivity contribution in [3.05, 3.63) is 23.8 Å². The lowest BCUT2D eigenvalue weighted by Crippen LogP contribution is -2.38. The van der Waals surface area contributed by atoms with Crippen LogP contribution in [0.25, 0.3) is 0 Å². The molecule has 2 aliphatic rings. The Hall–Kier alpha value is -1.53. The molecule has 0 radical (unpaired) electrons. The van der Waals surface area contributed by atoms with Crippen molar-refractivity contribution in [2.75, 3.05) is 17.6 Å². The molecule has 3 rings (SSSR count). The number of benzene rings is 1. The molecule has 1 heterocycles. The lowest BCUT2D eigenvalue weighted by molar-refractivity contribution is -0.115. The molecule has 4 N–H and O–H groups in total. The number of carbonyl (C=O) groups is 2. The molecule has 112 valence electrons. The number of hydrogen-bond acceptors (Lipinski definition) is 4. The number of hydrogen-bond donors (Lipinski definition) is 3. The first-order valence-electron chi connectivity index (χ1n) is 7.24. The Balaban J connectivity index is 1.67. The van der Waals surface area contributed by atoms with Crippen molar-refractivity contribution in [3.63, 3.8) is 0 Å². The number of rotatable bonds is 4. The molecule has 0 aromatic heterocycles. The first-order chi connectivity index (χ1) is 10.1. The molecule has 1 aliphatic carbocycles. The van der Waals surface area contributed by atoms with Gasteiger partial charge in [0.25, 0.3) is 5.91 Å². The Morgan fingerprint density at radius 3 is 3.05 bits per heavy atom. The van der Waals surface area contributed by atoms with Crippen LogP contribution in [0.15, 0.2) is 23.1 Å². The second-order valence-electron chi connectivity index (χ2n) is 5.57. The van der Waals surface area contributed by atoms with Gasteiger partial charge in [-0.3, -0.25) is 9.59 Å². The number of thioether (sulfide) groups is 1. The van der Waals surface area contributed by atoms with Crippen LogP contribution in [0.4, 0.5) is 5.69 Å². The van der Waals surface area contributed by atoms with Crippen molar-refractivity contribution >= 4 is 29.3 Å². The molecule has 1 aromatic carbocycles. The maximum absolute atomic E-state index is 12.2. The van der Waals surface area contributed by atoms with Crippen molar-refractivity contribution in [1.29, 1.82) is 0 Å². The van der Waals surface area contributed by atoms with Gasteiger partial charge in [-0.15, -0.1) is 11.8 Å². The molecule has 5 nitrogen and oxygen atoms in total. The summed E-state index contributed by atoms with van der Waals surface area (Å²) in [6.45, 7) is 0.502. The maximum Gasteiger partial charge on any atom is 0.251 e. The van der Waals surface area contributed by atoms with Gasteiger partial charge >= 0.3 is 0 Å². The van der Waals surface area contributed by atoms with Crippen LogP contribution in [0.3, 0.4) is 0 Å². The number of nitrogens with two attached hydrogens (primary N) is 1. The monoisotopic (exact) mass is 305 g/mol. The van der Waals surface area contributed by atoms with Gasteiger partial charge in [0.2, 0.25) is 5.91 Å². The Morgan fingerprint density at radius 2 is 2.29 bits per heavy atom. The summed E-state index contributed by atoms with van der Waals surface area (Å²) in [6.07, 6.45) is 2.83. The van der Waals surface area contributed by atoms with Gasteiger partial charge in [-0.25, -0.2) is 0 Å². The minimum Gasteiger partial charge on any atom is -0.350 e. The van der Waals surface area contributed by atoms with E-state index >= 15 is 0 Å². The van der Waals surface area contributed by atoms with Gasteiger partial charge in [0, 0.05) is 35.2 Å². The first kappa shape index (κ1) is 14.4. The van der Waals surface area contributed by atoms with Gasteiger partial charge < -0.3 is 16.4 Å². The highest BCUT2D eigenvalue weighted by Gasteiger charge is 2.28. The van der Waals surface area contributed by atoms with Gasteiger partial charge in [0.1, 0.15) is 0 Å². The molecule has 1 aromatic rings. The van der Waals surface area contributed by atoms with Crippen molar-refractivity contribution in [2.45, 2.75) is 30.2 Å². The zero-order valence-corrected chi connectivity index (χ0v) is 12.5. The largest absolute Gasteiger partial charge is 0.350 e. The molecule has 2 amide bonds. The summed E-state index contributed by atoms with van der Waals surface area (Å²) >= 11 is 1.63. The molecule has 6 heteroatoms. The predicted molar refractivity (Wildman–Crippen MR) is 83.4 cm³/mol. The number of nitrogens with one attached hydrogen (secondary N) is 2. The number of anilines is 1. The average Bonchev–Trinajstić information content (AvgIpc) is 3.30. The van der Waals surface area contributed by atoms with E-state index in [2.05, 4.69) is 10.6 Å². The lowest BCUT2D eigenvalue weighted by atomic mass is 10.1. The summed E-state index contributed by atoms with van der Waals surface area (Å²) < 4.78 is 0. The van der Waals surface area contributed by atoms with Crippen molar-refractivity contribution in [1.82, 2.24) is 5.32 Å². The summed E-state index contributed by atoms with van der Waals surface area (Å²) in [4.78, 5) is 24.7. The van der Waals surface area contributed by atoms with Crippen LogP contribution in [0.2, 0.25) is 0 Å². The molecule has 0 bridgehead atoms. The van der Waals surface area contributed by atoms with Crippen LogP contribution in [0.5, 0.6) is 0 Å². The quantitative estimate of drug-likeness (QED) is 0.788. The topological polar surface area (TPSA) is 84.2 Å². The first-order valence-corrected chi connectivity index (χ1v) is 8.22. The normalized spacial score (nSPS) is 19.2. The predicted octanol–water partition coefficient (Wildman–Crippen LogP) is 1.59. The summed E-state index contributed by atoms with van der Waals surface area (Å²) in [5.41, 5.74) is 7.26. The van der Waals surface area contributed by atoms with Crippen LogP contribution in [0, 0.1) is 5.92 Å². The number of carbonyl (C=O) groups excluding carboxylic acids is 2. The Kier molecular flexibility index (Phi) is 4.17. The van der Waals surface area contributed by atoms with Gasteiger partial charge in [-0.2, -0.15) is 0 Å². The molecular formula is C15H19N3O2S. The van der Waals surface area contributed by atoms with E-state index in [1.165, 1.54) is 12.8 Å². The highest BCUT2D eigenvalue weighted by Crippen LogP contribution is 2.32. The van der Waals surface area contributed by atoms with E-state index in [1.807, 2.05) is 6.07 Å². The van der Waals surface area contributed by atoms with Gasteiger partial charge in [-0.05, 0) is 37.0 Å². The van der Waals surface area contributed by atoms with Crippen LogP contribution in [0.1, 0.15) is 29.6 Å². The van der Waals surface area contributed by atoms with Crippen molar-refractivity contribution in [3.8, 4) is 0 Å². The fourth-order valence-electron chi connectivity index (χ4n) is 2.36. The van der Waals surface area contributed by atoms with Gasteiger partial charge in [-0.1, -0.05) is 0 Å². The van der Waals surface area contributed by atoms with E-state index in [0.29, 0.717) is 24.4 Å². The molecule has 0 spiro atoms. The Bertz CT molecular complexity index is 572. The standard InChI is InChI=1S/C15H19N3O2S/c16-11(9-1-2-9)8-17-15(20)10-3-4-13-12(7-10)18-14(19)5-6-21-13/h3-4,7,9,11H,1-2,5-6,8,16H2,(H,17,20)(H,18,19). The Morgan fingerprint density at radius 1 is 1.48 bits per heavy atom. The third-order valence-corrected chi connectivity index (χ3v) is 4.90. The fraction of sp³-hybridized carbons (Fsp3) is 0.467. The van der Waals surface area contributed by atoms with Gasteiger partial charge in [0.15, 0.2) is 0 Å². The van der Waals surface area contributed by atoms with Gasteiger partial charge in [0.05, 0.1) is 5.69 Å². The second kappa shape index (κ2) is 6.07. The number of amides is 2. The molecule has 0 saturated heterocycles. The van der Waals surface area contributed by atoms with E-state index < -0.39 is 0 Å². The van der Waals surface area contributed by atoms with E-state index in [-0.39, 0.29) is 17.9 Å². The van der Waals surface area contributed by atoms with Crippen LogP contribution < -0.4 is 16.4 Å². The summed E-state index contributed by atoms with van der Waals surface area (Å²) in [5, 5.41) is 5.72. The third-order valence-electron chi connectivity index (χ3n) is 3.83. The summed E-state index contributed by atoms with van der Waals surface area (Å²) in [7, 11) is 0. The van der Waals surface area contributed by atoms with Crippen LogP contribution >= 0.6 is 11.8 Å². The highest BCUT2D eigenvalue weighted by molar-refractivity contribution is 7.99. The van der Waals surface area contributed by atoms with E-state index in [9.17, 15) is 9.59 Å². The zero-order chi connectivity index (χ0) is 14.8. The zero-order valence-electron chi connectivity index (χ0n) is 11.7. The maximum atomic E-state index is 12.2. The van der Waals surface area contributed by atoms with Crippen LogP contribution in [-0.2, 0) is 4.79 Å². The number of fused-ring (bicyclic) bond motifs is 1. The van der Waals surface area contributed by atoms with E-state index in [1.54, 1.807) is 23.9 Å². The average molecular weight is 305 g/mol. The SMILES string of the molecule is NC(CNC(=O)c1ccc2c(c1)NC(=O)CCS2)C1CC1. The van der Waals surface area contributed by atoms with E-state index in [4.69, 9.17) is 5.73 Å². The molecule has 1 unspecified atom stereocenters. The molecule has 1 saturated carbocycles. The van der Waals surface area contributed by atoms with Crippen molar-refractivity contribution < 1.29 is 9.59 Å². The summed E-state index contributed by atoms with van der Waals surface area (Å²) in [5.74, 6) is 1.18. The minimum atomic E-state index is -0.141. The lowest BCUT2D eigenvalue weighted by Gasteiger charge is -2.13. The Labute approximate surface area is 128 Å². The molecule has 1 fully saturated rings. The second-order valence-corrected chi connectivity index (χ2v) is 6.71. The summed E-state index contributed by atoms with van der Waals surface area (Å²) in [6, 6.07) is 5.47. The smallest absolute Gasteiger partial charge is 0.251 e. The van der Waals surface area contributed by atoms with E-state index in [0.717, 1.165) is 16.3 Å².